The van der Waals surface area contributed by atoms with Crippen LogP contribution in [0, 0.1) is 0 Å². The SMILES string of the molecule is COc1cncc(C(=O)NN/C(=N/c2c(OC)cccc2OC)NS(C)(=O)=O)n1. The van der Waals surface area contributed by atoms with Crippen molar-refractivity contribution in [3.8, 4) is 17.4 Å². The van der Waals surface area contributed by atoms with Gasteiger partial charge in [0, 0.05) is 0 Å². The minimum absolute atomic E-state index is 0.0644. The topological polar surface area (TPSA) is 153 Å². The van der Waals surface area contributed by atoms with Gasteiger partial charge in [0.2, 0.25) is 21.9 Å². The van der Waals surface area contributed by atoms with Crippen LogP contribution in [0.1, 0.15) is 10.5 Å². The van der Waals surface area contributed by atoms with Crippen molar-refractivity contribution in [3.05, 3.63) is 36.3 Å². The molecule has 1 heterocycles. The van der Waals surface area contributed by atoms with Gasteiger partial charge in [-0.1, -0.05) is 6.07 Å². The fourth-order valence-electron chi connectivity index (χ4n) is 2.04. The van der Waals surface area contributed by atoms with Crippen LogP contribution < -0.4 is 29.8 Å². The predicted octanol–water partition coefficient (Wildman–Crippen LogP) is -0.0263. The highest BCUT2D eigenvalue weighted by Crippen LogP contribution is 2.36. The number of rotatable bonds is 6. The summed E-state index contributed by atoms with van der Waals surface area (Å²) in [5, 5.41) is 0. The van der Waals surface area contributed by atoms with Crippen molar-refractivity contribution in [2.75, 3.05) is 27.6 Å². The van der Waals surface area contributed by atoms with Crippen molar-refractivity contribution in [1.29, 1.82) is 0 Å². The molecule has 0 saturated heterocycles. The molecule has 0 aliphatic heterocycles. The van der Waals surface area contributed by atoms with Gasteiger partial charge >= 0.3 is 0 Å². The van der Waals surface area contributed by atoms with Crippen LogP contribution in [-0.4, -0.2) is 57.8 Å². The fraction of sp³-hybridized carbons (Fsp3) is 0.250. The molecule has 12 nitrogen and oxygen atoms in total. The Balaban J connectivity index is 2.32. The number of aliphatic imine (C=N–C) groups is 1. The number of hydrogen-bond donors (Lipinski definition) is 3. The summed E-state index contributed by atoms with van der Waals surface area (Å²) in [6, 6.07) is 4.91. The van der Waals surface area contributed by atoms with Gasteiger partial charge in [-0.25, -0.2) is 18.4 Å². The maximum absolute atomic E-state index is 12.3. The lowest BCUT2D eigenvalue weighted by molar-refractivity contribution is 0.0937. The fourth-order valence-corrected chi connectivity index (χ4v) is 2.49. The first-order valence-electron chi connectivity index (χ1n) is 7.97. The third-order valence-electron chi connectivity index (χ3n) is 3.26. The summed E-state index contributed by atoms with van der Waals surface area (Å²) in [4.78, 5) is 24.2. The molecule has 0 radical (unpaired) electrons. The Morgan fingerprint density at radius 3 is 2.24 bits per heavy atom. The number of methoxy groups -OCH3 is 3. The third-order valence-corrected chi connectivity index (χ3v) is 3.82. The monoisotopic (exact) mass is 424 g/mol. The Kier molecular flexibility index (Phi) is 7.14. The second kappa shape index (κ2) is 9.54. The number of aromatic nitrogens is 2. The molecule has 0 atom stereocenters. The molecule has 3 N–H and O–H groups in total. The van der Waals surface area contributed by atoms with Gasteiger partial charge < -0.3 is 14.2 Å². The third kappa shape index (κ3) is 6.21. The van der Waals surface area contributed by atoms with E-state index in [1.165, 1.54) is 33.7 Å². The number of nitrogens with zero attached hydrogens (tertiary/aromatic N) is 3. The van der Waals surface area contributed by atoms with E-state index >= 15 is 0 Å². The Morgan fingerprint density at radius 1 is 1.03 bits per heavy atom. The van der Waals surface area contributed by atoms with E-state index in [1.807, 2.05) is 0 Å². The summed E-state index contributed by atoms with van der Waals surface area (Å²) >= 11 is 0. The van der Waals surface area contributed by atoms with Crippen molar-refractivity contribution < 1.29 is 27.4 Å². The van der Waals surface area contributed by atoms with Crippen LogP contribution in [0.4, 0.5) is 5.69 Å². The molecule has 0 aliphatic rings. The largest absolute Gasteiger partial charge is 0.494 e. The summed E-state index contributed by atoms with van der Waals surface area (Å²) in [6.07, 6.45) is 3.47. The van der Waals surface area contributed by atoms with E-state index in [0.717, 1.165) is 6.26 Å². The van der Waals surface area contributed by atoms with Crippen LogP contribution in [0.2, 0.25) is 0 Å². The molecule has 1 aromatic heterocycles. The van der Waals surface area contributed by atoms with Crippen LogP contribution in [0.3, 0.4) is 0 Å². The quantitative estimate of drug-likeness (QED) is 0.330. The van der Waals surface area contributed by atoms with Crippen molar-refractivity contribution >= 4 is 27.6 Å². The van der Waals surface area contributed by atoms with E-state index in [1.54, 1.807) is 18.2 Å². The summed E-state index contributed by atoms with van der Waals surface area (Å²) in [7, 11) is 0.500. The first-order chi connectivity index (χ1) is 13.8. The van der Waals surface area contributed by atoms with Gasteiger partial charge in [-0.2, -0.15) is 0 Å². The smallest absolute Gasteiger partial charge is 0.290 e. The zero-order chi connectivity index (χ0) is 21.4. The molecule has 156 valence electrons. The van der Waals surface area contributed by atoms with Crippen molar-refractivity contribution in [2.45, 2.75) is 0 Å². The molecule has 0 bridgehead atoms. The molecule has 0 unspecified atom stereocenters. The van der Waals surface area contributed by atoms with Crippen LogP contribution in [0.5, 0.6) is 17.4 Å². The minimum atomic E-state index is -3.73. The van der Waals surface area contributed by atoms with E-state index in [2.05, 4.69) is 30.5 Å². The Hall–Kier alpha value is -3.61. The molecule has 0 aliphatic carbocycles. The molecule has 0 spiro atoms. The molecule has 2 aromatic rings. The highest BCUT2D eigenvalue weighted by Gasteiger charge is 2.15. The van der Waals surface area contributed by atoms with E-state index in [4.69, 9.17) is 14.2 Å². The maximum atomic E-state index is 12.3. The van der Waals surface area contributed by atoms with E-state index in [0.29, 0.717) is 11.5 Å². The molecular weight excluding hydrogens is 404 g/mol. The van der Waals surface area contributed by atoms with Gasteiger partial charge in [-0.05, 0) is 12.1 Å². The summed E-state index contributed by atoms with van der Waals surface area (Å²) in [5.41, 5.74) is 4.82. The van der Waals surface area contributed by atoms with Crippen LogP contribution in [-0.2, 0) is 10.0 Å². The molecular formula is C16H20N6O6S. The number of carbonyl (C=O) groups is 1. The van der Waals surface area contributed by atoms with E-state index in [9.17, 15) is 13.2 Å². The standard InChI is InChI=1S/C16H20N6O6S/c1-26-11-6-5-7-12(27-2)14(11)19-16(22-29(4,24)25)21-20-15(23)10-8-17-9-13(18-10)28-3/h5-9H,1-4H3,(H,20,23)(H2,19,21,22). The number of amides is 1. The number of nitrogens with one attached hydrogen (secondary N) is 3. The first-order valence-corrected chi connectivity index (χ1v) is 9.86. The van der Waals surface area contributed by atoms with Crippen molar-refractivity contribution in [2.24, 2.45) is 4.99 Å². The van der Waals surface area contributed by atoms with Gasteiger partial charge in [-0.15, -0.1) is 0 Å². The van der Waals surface area contributed by atoms with Crippen molar-refractivity contribution in [3.63, 3.8) is 0 Å². The lowest BCUT2D eigenvalue weighted by Gasteiger charge is -2.14. The lowest BCUT2D eigenvalue weighted by Crippen LogP contribution is -2.49. The second-order valence-electron chi connectivity index (χ2n) is 5.37. The number of sulfonamides is 1. The maximum Gasteiger partial charge on any atom is 0.290 e. The molecule has 13 heteroatoms. The van der Waals surface area contributed by atoms with E-state index < -0.39 is 15.9 Å². The van der Waals surface area contributed by atoms with Gasteiger partial charge in [-0.3, -0.25) is 25.4 Å². The second-order valence-corrected chi connectivity index (χ2v) is 7.12. The predicted molar refractivity (Wildman–Crippen MR) is 104 cm³/mol. The molecule has 0 fully saturated rings. The number of hydrogen-bond acceptors (Lipinski definition) is 9. The molecule has 1 aromatic carbocycles. The van der Waals surface area contributed by atoms with Crippen LogP contribution in [0.15, 0.2) is 35.6 Å². The Bertz CT molecular complexity index is 988. The highest BCUT2D eigenvalue weighted by molar-refractivity contribution is 7.89. The molecule has 29 heavy (non-hydrogen) atoms. The van der Waals surface area contributed by atoms with Crippen LogP contribution in [0.25, 0.3) is 0 Å². The zero-order valence-electron chi connectivity index (χ0n) is 16.1. The van der Waals surface area contributed by atoms with Gasteiger partial charge in [0.15, 0.2) is 11.4 Å². The average molecular weight is 424 g/mol. The van der Waals surface area contributed by atoms with Gasteiger partial charge in [0.05, 0.1) is 40.0 Å². The number of hydrazine groups is 1. The van der Waals surface area contributed by atoms with Crippen molar-refractivity contribution in [1.82, 2.24) is 25.5 Å². The molecule has 1 amide bonds. The summed E-state index contributed by atoms with van der Waals surface area (Å²) in [5.74, 6) is -0.224. The Labute approximate surface area is 167 Å². The molecule has 2 rings (SSSR count). The number of ether oxygens (including phenoxy) is 3. The average Bonchev–Trinajstić information content (AvgIpc) is 2.70. The first kappa shape index (κ1) is 21.7. The van der Waals surface area contributed by atoms with Crippen LogP contribution >= 0.6 is 0 Å². The zero-order valence-corrected chi connectivity index (χ0v) is 16.9. The molecule has 0 saturated carbocycles. The van der Waals surface area contributed by atoms with Gasteiger partial charge in [0.1, 0.15) is 11.5 Å². The Morgan fingerprint density at radius 2 is 1.69 bits per heavy atom. The number of carbonyl (C=O) groups excluding carboxylic acids is 1. The lowest BCUT2D eigenvalue weighted by atomic mass is 10.2. The van der Waals surface area contributed by atoms with E-state index in [-0.39, 0.29) is 23.2 Å². The highest BCUT2D eigenvalue weighted by atomic mass is 32.2. The summed E-state index contributed by atoms with van der Waals surface area (Å²) < 4.78 is 40.9. The number of para-hydroxylation sites is 1. The summed E-state index contributed by atoms with van der Waals surface area (Å²) in [6.45, 7) is 0. The van der Waals surface area contributed by atoms with Gasteiger partial charge in [0.25, 0.3) is 5.91 Å². The number of benzene rings is 1. The normalized spacial score (nSPS) is 11.4. The minimum Gasteiger partial charge on any atom is -0.494 e. The number of guanidine groups is 1.